The van der Waals surface area contributed by atoms with E-state index in [9.17, 15) is 0 Å². The van der Waals surface area contributed by atoms with Crippen molar-refractivity contribution in [1.29, 1.82) is 0 Å². The van der Waals surface area contributed by atoms with Crippen molar-refractivity contribution in [2.45, 2.75) is 38.5 Å². The van der Waals surface area contributed by atoms with Crippen molar-refractivity contribution >= 4 is 34.1 Å². The van der Waals surface area contributed by atoms with Crippen LogP contribution in [0.5, 0.6) is 0 Å². The Kier molecular flexibility index (Phi) is 12.8. The molecular weight excluding hydrogens is 1120 g/mol. The minimum Gasteiger partial charge on any atom is -0.310 e. The van der Waals surface area contributed by atoms with Gasteiger partial charge in [0.2, 0.25) is 0 Å². The Morgan fingerprint density at radius 2 is 0.554 bits per heavy atom. The van der Waals surface area contributed by atoms with Gasteiger partial charge in [-0.05, 0) is 179 Å². The summed E-state index contributed by atoms with van der Waals surface area (Å²) in [6, 6.07) is 106. The maximum Gasteiger partial charge on any atom is 0.160 e. The highest BCUT2D eigenvalue weighted by molar-refractivity contribution is 5.98. The van der Waals surface area contributed by atoms with Gasteiger partial charge in [-0.2, -0.15) is 0 Å². The number of fused-ring (bicyclic) bond motifs is 18. The Morgan fingerprint density at radius 3 is 0.891 bits per heavy atom. The number of anilines is 6. The highest BCUT2D eigenvalue weighted by Gasteiger charge is 2.53. The van der Waals surface area contributed by atoms with Gasteiger partial charge in [-0.25, -0.2) is 19.9 Å². The first kappa shape index (κ1) is 54.5. The highest BCUT2D eigenvalue weighted by Crippen LogP contribution is 2.65. The molecule has 0 unspecified atom stereocenters. The van der Waals surface area contributed by atoms with E-state index in [0.717, 1.165) is 50.8 Å². The van der Waals surface area contributed by atoms with Crippen LogP contribution in [0.25, 0.3) is 67.5 Å². The van der Waals surface area contributed by atoms with E-state index in [2.05, 4.69) is 320 Å². The van der Waals surface area contributed by atoms with Crippen LogP contribution >= 0.6 is 0 Å². The largest absolute Gasteiger partial charge is 0.310 e. The maximum atomic E-state index is 5.10. The van der Waals surface area contributed by atoms with E-state index in [1.165, 1.54) is 112 Å². The summed E-state index contributed by atoms with van der Waals surface area (Å²) >= 11 is 0. The van der Waals surface area contributed by atoms with E-state index in [4.69, 9.17) is 9.97 Å². The Hall–Kier alpha value is -11.6. The Bertz CT molecular complexity index is 4950. The molecule has 2 aliphatic carbocycles. The molecule has 12 aromatic carbocycles. The fraction of sp³-hybridized carbons (Fsp3) is 0.0698. The molecule has 18 rings (SSSR count). The zero-order valence-electron chi connectivity index (χ0n) is 51.6. The quantitative estimate of drug-likeness (QED) is 0.165. The first-order valence-corrected chi connectivity index (χ1v) is 31.7. The molecule has 0 amide bonds. The normalized spacial score (nSPS) is 13.6. The first-order valence-electron chi connectivity index (χ1n) is 31.7. The third kappa shape index (κ3) is 8.40. The van der Waals surface area contributed by atoms with Crippen LogP contribution in [0.3, 0.4) is 0 Å². The molecule has 0 saturated carbocycles. The predicted octanol–water partition coefficient (Wildman–Crippen LogP) is 21.1. The smallest absolute Gasteiger partial charge is 0.160 e. The third-order valence-corrected chi connectivity index (χ3v) is 19.3. The molecule has 6 nitrogen and oxygen atoms in total. The van der Waals surface area contributed by atoms with Crippen molar-refractivity contribution in [2.24, 2.45) is 0 Å². The molecule has 14 aromatic rings. The van der Waals surface area contributed by atoms with E-state index < -0.39 is 10.8 Å². The zero-order valence-corrected chi connectivity index (χ0v) is 51.6. The van der Waals surface area contributed by atoms with Gasteiger partial charge in [-0.15, -0.1) is 0 Å². The van der Waals surface area contributed by atoms with Crippen LogP contribution in [0.15, 0.2) is 304 Å². The lowest BCUT2D eigenvalue weighted by atomic mass is 9.64. The summed E-state index contributed by atoms with van der Waals surface area (Å²) in [6.45, 7) is 8.81. The minimum absolute atomic E-state index is 0.399. The SMILES string of the molecule is Cc1ccc2c(c1)C1(c3ccccc3-c3ccccc31)c1cc(C)ccc1N2c1ccc(-c2nc(-c3ccccc3)cc(-c3ccccc3)n2)cc1.Cc1ccc2c(c1)C1(c3ccccc3-c3ccccc31)c1cc(C)ccc1N2c1ccc(-c2ncccn2)cc1. The zero-order chi connectivity index (χ0) is 61.7. The number of aryl methyl sites for hydroxylation is 4. The molecule has 0 radical (unpaired) electrons. The van der Waals surface area contributed by atoms with Gasteiger partial charge in [-0.3, -0.25) is 0 Å². The molecule has 436 valence electrons. The van der Waals surface area contributed by atoms with Gasteiger partial charge in [0, 0.05) is 46.0 Å². The van der Waals surface area contributed by atoms with E-state index in [0.29, 0.717) is 5.82 Å². The molecule has 2 spiro atoms. The lowest BCUT2D eigenvalue weighted by molar-refractivity contribution is 0.750. The fourth-order valence-corrected chi connectivity index (χ4v) is 15.4. The van der Waals surface area contributed by atoms with Gasteiger partial charge in [-0.1, -0.05) is 229 Å². The molecule has 4 aliphatic rings. The number of aromatic nitrogens is 4. The lowest BCUT2D eigenvalue weighted by Gasteiger charge is -2.45. The van der Waals surface area contributed by atoms with Crippen molar-refractivity contribution in [2.75, 3.05) is 9.80 Å². The molecule has 2 aliphatic heterocycles. The van der Waals surface area contributed by atoms with Gasteiger partial charge in [0.15, 0.2) is 11.6 Å². The Labute approximate surface area is 537 Å². The summed E-state index contributed by atoms with van der Waals surface area (Å²) in [7, 11) is 0. The van der Waals surface area contributed by atoms with Crippen molar-refractivity contribution in [3.05, 3.63) is 370 Å². The highest BCUT2D eigenvalue weighted by atomic mass is 15.2. The van der Waals surface area contributed by atoms with Crippen LogP contribution in [-0.2, 0) is 10.8 Å². The number of hydrogen-bond acceptors (Lipinski definition) is 6. The molecule has 4 heterocycles. The standard InChI is InChI=1S/C49H35N3.C37H27N3/c1-32-21-27-46-42(29-32)49(40-19-11-9-17-38(40)39-18-10-12-20-41(39)49)43-30-33(2)22-28-47(43)52(46)37-25-23-36(24-26-37)48-50-44(34-13-5-3-6-14-34)31-45(51-48)35-15-7-4-8-16-35;1-24-12-18-34-32(22-24)37(30-10-5-3-8-28(30)29-9-4-6-11-31(29)37)33-23-25(2)13-19-35(33)40(34)27-16-14-26(15-17-27)36-38-20-7-21-39-36/h3-31H,1-2H3;3-23H,1-2H3. The molecule has 0 saturated heterocycles. The average molecular weight is 1180 g/mol. The topological polar surface area (TPSA) is 58.0 Å². The van der Waals surface area contributed by atoms with E-state index in [1.54, 1.807) is 12.4 Å². The molecule has 0 fully saturated rings. The van der Waals surface area contributed by atoms with Crippen molar-refractivity contribution < 1.29 is 0 Å². The Morgan fingerprint density at radius 1 is 0.250 bits per heavy atom. The number of rotatable bonds is 6. The van der Waals surface area contributed by atoms with Crippen LogP contribution in [-0.4, -0.2) is 19.9 Å². The van der Waals surface area contributed by atoms with Gasteiger partial charge in [0.1, 0.15) is 0 Å². The molecule has 0 bridgehead atoms. The van der Waals surface area contributed by atoms with Crippen LogP contribution in [0.2, 0.25) is 0 Å². The van der Waals surface area contributed by atoms with E-state index >= 15 is 0 Å². The van der Waals surface area contributed by atoms with Gasteiger partial charge in [0.05, 0.1) is 45.0 Å². The summed E-state index contributed by atoms with van der Waals surface area (Å²) in [5.74, 6) is 1.44. The summed E-state index contributed by atoms with van der Waals surface area (Å²) in [4.78, 5) is 24.0. The second kappa shape index (κ2) is 21.6. The van der Waals surface area contributed by atoms with Crippen LogP contribution in [0.4, 0.5) is 34.1 Å². The lowest BCUT2D eigenvalue weighted by Crippen LogP contribution is -2.36. The number of nitrogens with zero attached hydrogens (tertiary/aromatic N) is 6. The number of hydrogen-bond donors (Lipinski definition) is 0. The molecule has 0 atom stereocenters. The second-order valence-corrected chi connectivity index (χ2v) is 24.8. The minimum atomic E-state index is -0.439. The summed E-state index contributed by atoms with van der Waals surface area (Å²) in [5.41, 5.74) is 33.0. The Balaban J connectivity index is 0.000000146. The molecule has 2 aromatic heterocycles. The first-order chi connectivity index (χ1) is 45.2. The predicted molar refractivity (Wildman–Crippen MR) is 376 cm³/mol. The average Bonchev–Trinajstić information content (AvgIpc) is 1.44. The van der Waals surface area contributed by atoms with Crippen LogP contribution in [0, 0.1) is 27.7 Å². The van der Waals surface area contributed by atoms with Crippen molar-refractivity contribution in [3.8, 4) is 67.5 Å². The molecule has 92 heavy (non-hydrogen) atoms. The van der Waals surface area contributed by atoms with Gasteiger partial charge in [0.25, 0.3) is 0 Å². The number of benzene rings is 12. The summed E-state index contributed by atoms with van der Waals surface area (Å²) < 4.78 is 0. The van der Waals surface area contributed by atoms with Gasteiger partial charge >= 0.3 is 0 Å². The van der Waals surface area contributed by atoms with E-state index in [-0.39, 0.29) is 0 Å². The van der Waals surface area contributed by atoms with Crippen molar-refractivity contribution in [3.63, 3.8) is 0 Å². The molecular formula is C86H62N6. The molecule has 0 N–H and O–H groups in total. The third-order valence-electron chi connectivity index (χ3n) is 19.3. The summed E-state index contributed by atoms with van der Waals surface area (Å²) in [6.07, 6.45) is 3.57. The fourth-order valence-electron chi connectivity index (χ4n) is 15.4. The van der Waals surface area contributed by atoms with Crippen LogP contribution in [0.1, 0.15) is 66.8 Å². The van der Waals surface area contributed by atoms with Crippen LogP contribution < -0.4 is 9.80 Å². The summed E-state index contributed by atoms with van der Waals surface area (Å²) in [5, 5.41) is 0. The molecule has 6 heteroatoms. The van der Waals surface area contributed by atoms with Gasteiger partial charge < -0.3 is 9.80 Å². The maximum absolute atomic E-state index is 5.10. The second-order valence-electron chi connectivity index (χ2n) is 24.8. The van der Waals surface area contributed by atoms with Crippen molar-refractivity contribution in [1.82, 2.24) is 19.9 Å². The van der Waals surface area contributed by atoms with E-state index in [1.807, 2.05) is 18.2 Å². The monoisotopic (exact) mass is 1180 g/mol.